The van der Waals surface area contributed by atoms with E-state index in [2.05, 4.69) is 31.6 Å². The van der Waals surface area contributed by atoms with Crippen LogP contribution in [-0.4, -0.2) is 21.1 Å². The first-order valence-electron chi connectivity index (χ1n) is 7.29. The minimum Gasteiger partial charge on any atom is -0.444 e. The Morgan fingerprint density at radius 2 is 1.88 bits per heavy atom. The molecule has 0 atom stereocenters. The maximum Gasteiger partial charge on any atom is 0.413 e. The van der Waals surface area contributed by atoms with Crippen LogP contribution in [0.25, 0.3) is 5.69 Å². The maximum atomic E-state index is 12.1. The molecule has 6 nitrogen and oxygen atoms in total. The van der Waals surface area contributed by atoms with Crippen LogP contribution in [0.1, 0.15) is 11.3 Å². The van der Waals surface area contributed by atoms with Crippen molar-refractivity contribution in [2.45, 2.75) is 13.5 Å². The first-order valence-corrected chi connectivity index (χ1v) is 8.09. The van der Waals surface area contributed by atoms with Gasteiger partial charge in [-0.05, 0) is 36.8 Å². The molecular weight excluding hydrogens is 372 g/mol. The van der Waals surface area contributed by atoms with Crippen molar-refractivity contribution >= 4 is 27.8 Å². The fourth-order valence-corrected chi connectivity index (χ4v) is 2.38. The minimum atomic E-state index is -0.553. The lowest BCUT2D eigenvalue weighted by molar-refractivity contribution is 0.155. The van der Waals surface area contributed by atoms with Crippen LogP contribution in [-0.2, 0) is 11.3 Å². The van der Waals surface area contributed by atoms with Crippen molar-refractivity contribution in [2.24, 2.45) is 0 Å². The Labute approximate surface area is 147 Å². The second kappa shape index (κ2) is 7.27. The van der Waals surface area contributed by atoms with Gasteiger partial charge < -0.3 is 4.74 Å². The number of nitrogens with zero attached hydrogens (tertiary/aromatic N) is 3. The van der Waals surface area contributed by atoms with Gasteiger partial charge in [0.05, 0.1) is 5.69 Å². The Hall–Kier alpha value is -2.67. The summed E-state index contributed by atoms with van der Waals surface area (Å²) in [4.78, 5) is 12.1. The number of rotatable bonds is 4. The highest BCUT2D eigenvalue weighted by Crippen LogP contribution is 2.20. The average molecular weight is 387 g/mol. The molecule has 2 aromatic carbocycles. The van der Waals surface area contributed by atoms with Gasteiger partial charge in [0.2, 0.25) is 0 Å². The third kappa shape index (κ3) is 3.80. The van der Waals surface area contributed by atoms with Crippen LogP contribution in [0.3, 0.4) is 0 Å². The fourth-order valence-electron chi connectivity index (χ4n) is 2.12. The highest BCUT2D eigenvalue weighted by atomic mass is 79.9. The summed E-state index contributed by atoms with van der Waals surface area (Å²) in [7, 11) is 0. The van der Waals surface area contributed by atoms with E-state index in [0.717, 1.165) is 15.7 Å². The second-order valence-electron chi connectivity index (χ2n) is 5.10. The van der Waals surface area contributed by atoms with Crippen LogP contribution in [0.2, 0.25) is 0 Å². The van der Waals surface area contributed by atoms with Gasteiger partial charge in [0.15, 0.2) is 5.82 Å². The van der Waals surface area contributed by atoms with Crippen LogP contribution >= 0.6 is 15.9 Å². The van der Waals surface area contributed by atoms with Crippen molar-refractivity contribution in [1.29, 1.82) is 0 Å². The van der Waals surface area contributed by atoms with Crippen molar-refractivity contribution in [2.75, 3.05) is 5.32 Å². The van der Waals surface area contributed by atoms with Crippen molar-refractivity contribution in [1.82, 2.24) is 15.0 Å². The number of hydrogen-bond acceptors (Lipinski definition) is 4. The number of aryl methyl sites for hydroxylation is 1. The summed E-state index contributed by atoms with van der Waals surface area (Å²) in [6, 6.07) is 17.0. The third-order valence-electron chi connectivity index (χ3n) is 3.34. The topological polar surface area (TPSA) is 69.0 Å². The summed E-state index contributed by atoms with van der Waals surface area (Å²) in [5.41, 5.74) is 2.32. The number of ether oxygens (including phenoxy) is 1. The predicted molar refractivity (Wildman–Crippen MR) is 94.0 cm³/mol. The van der Waals surface area contributed by atoms with E-state index in [0.29, 0.717) is 11.5 Å². The summed E-state index contributed by atoms with van der Waals surface area (Å²) in [5, 5.41) is 10.8. The Morgan fingerprint density at radius 3 is 2.58 bits per heavy atom. The van der Waals surface area contributed by atoms with E-state index < -0.39 is 6.09 Å². The molecule has 0 fully saturated rings. The lowest BCUT2D eigenvalue weighted by atomic mass is 10.2. The van der Waals surface area contributed by atoms with Gasteiger partial charge in [-0.3, -0.25) is 5.32 Å². The molecule has 1 heterocycles. The monoisotopic (exact) mass is 386 g/mol. The molecule has 0 bridgehead atoms. The lowest BCUT2D eigenvalue weighted by Gasteiger charge is -2.09. The van der Waals surface area contributed by atoms with E-state index in [1.165, 1.54) is 0 Å². The molecule has 0 spiro atoms. The van der Waals surface area contributed by atoms with E-state index in [1.54, 1.807) is 11.6 Å². The average Bonchev–Trinajstić information content (AvgIpc) is 2.95. The molecule has 0 saturated carbocycles. The molecule has 0 unspecified atom stereocenters. The zero-order valence-corrected chi connectivity index (χ0v) is 14.5. The Morgan fingerprint density at radius 1 is 1.17 bits per heavy atom. The molecular formula is C17H15BrN4O2. The Bertz CT molecular complexity index is 832. The largest absolute Gasteiger partial charge is 0.444 e. The number of nitrogens with one attached hydrogen (secondary N) is 1. The number of carbonyl (C=O) groups excluding carboxylic acids is 1. The third-order valence-corrected chi connectivity index (χ3v) is 3.87. The predicted octanol–water partition coefficient (Wildman–Crippen LogP) is 4.09. The van der Waals surface area contributed by atoms with Crippen molar-refractivity contribution < 1.29 is 9.53 Å². The molecule has 1 aromatic heterocycles. The second-order valence-corrected chi connectivity index (χ2v) is 6.01. The van der Waals surface area contributed by atoms with Gasteiger partial charge in [-0.2, -0.15) is 4.68 Å². The van der Waals surface area contributed by atoms with Gasteiger partial charge >= 0.3 is 6.09 Å². The molecule has 24 heavy (non-hydrogen) atoms. The maximum absolute atomic E-state index is 12.1. The van der Waals surface area contributed by atoms with Crippen LogP contribution in [0.5, 0.6) is 0 Å². The van der Waals surface area contributed by atoms with Gasteiger partial charge in [0, 0.05) is 4.47 Å². The fraction of sp³-hybridized carbons (Fsp3) is 0.118. The number of anilines is 1. The van der Waals surface area contributed by atoms with Gasteiger partial charge in [-0.25, -0.2) is 4.79 Å². The van der Waals surface area contributed by atoms with E-state index in [1.807, 2.05) is 54.6 Å². The minimum absolute atomic E-state index is 0.200. The normalized spacial score (nSPS) is 10.4. The van der Waals surface area contributed by atoms with Gasteiger partial charge in [-0.15, -0.1) is 5.10 Å². The Balaban J connectivity index is 1.72. The molecule has 122 valence electrons. The molecule has 0 aliphatic carbocycles. The first kappa shape index (κ1) is 16.2. The molecule has 0 aliphatic rings. The van der Waals surface area contributed by atoms with Gasteiger partial charge in [-0.1, -0.05) is 51.5 Å². The highest BCUT2D eigenvalue weighted by molar-refractivity contribution is 9.10. The van der Waals surface area contributed by atoms with Crippen molar-refractivity contribution in [3.8, 4) is 5.69 Å². The Kier molecular flexibility index (Phi) is 4.90. The molecule has 3 rings (SSSR count). The van der Waals surface area contributed by atoms with Gasteiger partial charge in [0.1, 0.15) is 12.3 Å². The summed E-state index contributed by atoms with van der Waals surface area (Å²) in [5.74, 6) is 0.482. The van der Waals surface area contributed by atoms with E-state index in [-0.39, 0.29) is 6.61 Å². The van der Waals surface area contributed by atoms with Crippen molar-refractivity contribution in [3.63, 3.8) is 0 Å². The number of hydrogen-bond donors (Lipinski definition) is 1. The number of carbonyl (C=O) groups is 1. The summed E-state index contributed by atoms with van der Waals surface area (Å²) in [6.45, 7) is 1.97. The van der Waals surface area contributed by atoms with E-state index >= 15 is 0 Å². The van der Waals surface area contributed by atoms with E-state index in [9.17, 15) is 4.79 Å². The zero-order chi connectivity index (χ0) is 16.9. The van der Waals surface area contributed by atoms with Crippen LogP contribution in [0.4, 0.5) is 10.6 Å². The standard InChI is InChI=1S/C17H15BrN4O2/c1-12-16(19-17(23)24-11-13-5-3-2-4-6-13)22(21-20-12)15-9-7-14(18)8-10-15/h2-10H,11H2,1H3,(H,19,23). The first-order chi connectivity index (χ1) is 11.6. The molecule has 1 N–H and O–H groups in total. The molecule has 0 saturated heterocycles. The van der Waals surface area contributed by atoms with Crippen LogP contribution < -0.4 is 5.32 Å². The quantitative estimate of drug-likeness (QED) is 0.732. The van der Waals surface area contributed by atoms with Crippen LogP contribution in [0, 0.1) is 6.92 Å². The summed E-state index contributed by atoms with van der Waals surface area (Å²) >= 11 is 3.39. The molecule has 1 amide bonds. The van der Waals surface area contributed by atoms with Gasteiger partial charge in [0.25, 0.3) is 0 Å². The molecule has 3 aromatic rings. The number of halogens is 1. The molecule has 0 radical (unpaired) electrons. The number of benzene rings is 2. The highest BCUT2D eigenvalue weighted by Gasteiger charge is 2.14. The zero-order valence-electron chi connectivity index (χ0n) is 12.9. The summed E-state index contributed by atoms with van der Waals surface area (Å²) in [6.07, 6.45) is -0.553. The lowest BCUT2D eigenvalue weighted by Crippen LogP contribution is -2.17. The van der Waals surface area contributed by atoms with E-state index in [4.69, 9.17) is 4.74 Å². The number of amides is 1. The smallest absolute Gasteiger partial charge is 0.413 e. The van der Waals surface area contributed by atoms with Crippen LogP contribution in [0.15, 0.2) is 59.1 Å². The SMILES string of the molecule is Cc1nnn(-c2ccc(Br)cc2)c1NC(=O)OCc1ccccc1. The molecule has 0 aliphatic heterocycles. The molecule has 7 heteroatoms. The number of aromatic nitrogens is 3. The van der Waals surface area contributed by atoms with Crippen molar-refractivity contribution in [3.05, 3.63) is 70.3 Å². The summed E-state index contributed by atoms with van der Waals surface area (Å²) < 4.78 is 7.76.